The number of thiophene rings is 2. The van der Waals surface area contributed by atoms with E-state index in [-0.39, 0.29) is 6.71 Å². The number of anilines is 9. The van der Waals surface area contributed by atoms with Crippen molar-refractivity contribution in [1.29, 1.82) is 0 Å². The van der Waals surface area contributed by atoms with Gasteiger partial charge in [0.15, 0.2) is 0 Å². The minimum absolute atomic E-state index is 0.0402. The van der Waals surface area contributed by atoms with Gasteiger partial charge >= 0.3 is 0 Å². The molecule has 76 heavy (non-hydrogen) atoms. The van der Waals surface area contributed by atoms with Crippen LogP contribution in [0.25, 0.3) is 61.9 Å². The predicted octanol–water partition coefficient (Wildman–Crippen LogP) is 18.4. The van der Waals surface area contributed by atoms with E-state index < -0.39 is 0 Å². The van der Waals surface area contributed by atoms with Crippen LogP contribution in [0.15, 0.2) is 249 Å². The number of hydrogen-bond donors (Lipinski definition) is 0. The highest BCUT2D eigenvalue weighted by Gasteiger charge is 2.43. The highest BCUT2D eigenvalue weighted by atomic mass is 32.1. The lowest BCUT2D eigenvalue weighted by Crippen LogP contribution is -2.59. The summed E-state index contributed by atoms with van der Waals surface area (Å²) in [6.45, 7) is 2.18. The monoisotopic (exact) mass is 1010 g/mol. The van der Waals surface area contributed by atoms with E-state index in [4.69, 9.17) is 4.74 Å². The maximum Gasteiger partial charge on any atom is 0.256 e. The normalized spacial score (nSPS) is 12.6. The molecule has 0 radical (unpaired) electrons. The molecule has 0 bridgehead atoms. The smallest absolute Gasteiger partial charge is 0.256 e. The molecule has 14 aromatic rings. The molecule has 0 saturated carbocycles. The zero-order valence-corrected chi connectivity index (χ0v) is 42.9. The van der Waals surface area contributed by atoms with E-state index in [2.05, 4.69) is 270 Å². The molecule has 0 unspecified atom stereocenters. The van der Waals surface area contributed by atoms with Gasteiger partial charge in [0.05, 0.1) is 0 Å². The highest BCUT2D eigenvalue weighted by Crippen LogP contribution is 2.48. The summed E-state index contributed by atoms with van der Waals surface area (Å²) < 4.78 is 12.2. The third-order valence-corrected chi connectivity index (χ3v) is 17.9. The van der Waals surface area contributed by atoms with Gasteiger partial charge < -0.3 is 19.4 Å². The van der Waals surface area contributed by atoms with Gasteiger partial charge in [0.2, 0.25) is 0 Å². The topological polar surface area (TPSA) is 19.0 Å². The quantitative estimate of drug-likeness (QED) is 0.148. The molecule has 0 N–H and O–H groups in total. The maximum absolute atomic E-state index is 7.13. The molecule has 0 atom stereocenters. The second-order valence-corrected chi connectivity index (χ2v) is 22.3. The van der Waals surface area contributed by atoms with Crippen LogP contribution in [-0.2, 0) is 0 Å². The molecule has 0 aliphatic carbocycles. The van der Waals surface area contributed by atoms with Crippen LogP contribution in [0.5, 0.6) is 11.5 Å². The molecule has 16 rings (SSSR count). The summed E-state index contributed by atoms with van der Waals surface area (Å²) in [7, 11) is 0. The van der Waals surface area contributed by atoms with E-state index in [0.717, 1.165) is 51.3 Å². The van der Waals surface area contributed by atoms with Crippen LogP contribution in [-0.4, -0.2) is 6.71 Å². The van der Waals surface area contributed by atoms with Gasteiger partial charge in [-0.1, -0.05) is 109 Å². The molecular formula is C69H44BN3OS2. The second-order valence-electron chi connectivity index (χ2n) is 20.1. The summed E-state index contributed by atoms with van der Waals surface area (Å²) >= 11 is 3.78. The lowest BCUT2D eigenvalue weighted by atomic mass is 9.34. The molecule has 12 aromatic carbocycles. The van der Waals surface area contributed by atoms with Crippen molar-refractivity contribution in [3.05, 3.63) is 254 Å². The first kappa shape index (κ1) is 43.3. The van der Waals surface area contributed by atoms with E-state index in [9.17, 15) is 0 Å². The van der Waals surface area contributed by atoms with E-state index in [1.807, 2.05) is 22.7 Å². The zero-order chi connectivity index (χ0) is 50.0. The first-order chi connectivity index (χ1) is 37.6. The highest BCUT2D eigenvalue weighted by molar-refractivity contribution is 7.26. The first-order valence-electron chi connectivity index (χ1n) is 25.9. The van der Waals surface area contributed by atoms with Crippen LogP contribution in [0, 0.1) is 6.92 Å². The number of rotatable bonds is 7. The van der Waals surface area contributed by atoms with Gasteiger partial charge in [-0.3, -0.25) is 0 Å². The summed E-state index contributed by atoms with van der Waals surface area (Å²) in [5.41, 5.74) is 15.2. The number of nitrogens with zero attached hydrogens (tertiary/aromatic N) is 3. The molecule has 2 aliphatic rings. The molecule has 0 saturated heterocycles. The number of para-hydroxylation sites is 5. The summed E-state index contributed by atoms with van der Waals surface area (Å²) in [5, 5.41) is 9.90. The Morgan fingerprint density at radius 3 is 1.34 bits per heavy atom. The molecule has 4 nitrogen and oxygen atoms in total. The van der Waals surface area contributed by atoms with E-state index in [1.165, 1.54) is 95.2 Å². The van der Waals surface area contributed by atoms with Crippen molar-refractivity contribution in [2.75, 3.05) is 14.7 Å². The lowest BCUT2D eigenvalue weighted by molar-refractivity contribution is 0.488. The Bertz CT molecular complexity index is 4580. The van der Waals surface area contributed by atoms with Gasteiger partial charge in [-0.05, 0) is 190 Å². The van der Waals surface area contributed by atoms with E-state index >= 15 is 0 Å². The van der Waals surface area contributed by atoms with Crippen molar-refractivity contribution < 1.29 is 4.74 Å². The molecule has 0 fully saturated rings. The Kier molecular flexibility index (Phi) is 9.65. The molecule has 7 heteroatoms. The van der Waals surface area contributed by atoms with Gasteiger partial charge in [-0.2, -0.15) is 0 Å². The Hall–Kier alpha value is -9.14. The van der Waals surface area contributed by atoms with Gasteiger partial charge in [0.25, 0.3) is 6.71 Å². The van der Waals surface area contributed by atoms with Gasteiger partial charge in [0, 0.05) is 91.5 Å². The fourth-order valence-electron chi connectivity index (χ4n) is 12.2. The molecule has 4 heterocycles. The summed E-state index contributed by atoms with van der Waals surface area (Å²) in [4.78, 5) is 7.18. The van der Waals surface area contributed by atoms with Gasteiger partial charge in [-0.15, -0.1) is 22.7 Å². The van der Waals surface area contributed by atoms with Crippen molar-refractivity contribution in [1.82, 2.24) is 0 Å². The largest absolute Gasteiger partial charge is 0.458 e. The van der Waals surface area contributed by atoms with Crippen LogP contribution in [0.1, 0.15) is 5.56 Å². The molecule has 0 spiro atoms. The van der Waals surface area contributed by atoms with Crippen molar-refractivity contribution >= 4 is 159 Å². The third kappa shape index (κ3) is 6.76. The minimum atomic E-state index is -0.0402. The Morgan fingerprint density at radius 2 is 0.803 bits per heavy atom. The molecule has 2 aromatic heterocycles. The number of hydrogen-bond acceptors (Lipinski definition) is 6. The van der Waals surface area contributed by atoms with Crippen molar-refractivity contribution in [3.63, 3.8) is 0 Å². The fourth-order valence-corrected chi connectivity index (χ4v) is 14.6. The predicted molar refractivity (Wildman–Crippen MR) is 327 cm³/mol. The van der Waals surface area contributed by atoms with Gasteiger partial charge in [0.1, 0.15) is 11.5 Å². The minimum Gasteiger partial charge on any atom is -0.458 e. The Balaban J connectivity index is 0.860. The van der Waals surface area contributed by atoms with Crippen LogP contribution in [0.3, 0.4) is 0 Å². The summed E-state index contributed by atoms with van der Waals surface area (Å²) in [6.07, 6.45) is 0. The number of ether oxygens (including phenoxy) is 1. The average molecular weight is 1010 g/mol. The van der Waals surface area contributed by atoms with Crippen molar-refractivity contribution in [2.24, 2.45) is 0 Å². The molecule has 0 amide bonds. The fraction of sp³-hybridized carbons (Fsp3) is 0.0145. The van der Waals surface area contributed by atoms with E-state index in [0.29, 0.717) is 0 Å². The molecule has 2 aliphatic heterocycles. The van der Waals surface area contributed by atoms with Crippen molar-refractivity contribution in [2.45, 2.75) is 6.92 Å². The summed E-state index contributed by atoms with van der Waals surface area (Å²) in [6, 6.07) is 91.2. The zero-order valence-electron chi connectivity index (χ0n) is 41.3. The lowest BCUT2D eigenvalue weighted by Gasteiger charge is -2.40. The Labute approximate surface area is 448 Å². The standard InChI is InChI=1S/C69H44BN3OS2/c1-43-17-14-15-26-60(43)73-61-27-16-28-63-69(61)70(58-41-67-56(39-62(58)73)54-35-44-29-31-52(33-46(44)37-65(54)75-67)71(48-18-6-2-7-19-48)49-20-8-3-9-21-49)59-42-68-57(40-64(59)74-63)55-36-45-30-32-53(34-47(45)38-66(55)76-68)72(50-22-10-4-11-23-50)51-24-12-5-13-25-51/h2-42H,1H3. The number of aryl methyl sites for hydroxylation is 1. The SMILES string of the molecule is Cc1ccccc1N1c2cc3c(cc2B2c4cc5sc6cc7cc(N(c8ccccc8)c8ccccc8)ccc7cc6c5cc4Oc4cccc1c42)sc1cc2cc(N(c4ccccc4)c4ccccc4)ccc2cc13. The average Bonchev–Trinajstić information content (AvgIpc) is 4.04. The van der Waals surface area contributed by atoms with Gasteiger partial charge in [-0.25, -0.2) is 0 Å². The first-order valence-corrected chi connectivity index (χ1v) is 27.5. The third-order valence-electron chi connectivity index (χ3n) is 15.7. The van der Waals surface area contributed by atoms with Crippen LogP contribution in [0.2, 0.25) is 0 Å². The number of benzene rings is 12. The van der Waals surface area contributed by atoms with Crippen molar-refractivity contribution in [3.8, 4) is 11.5 Å². The van der Waals surface area contributed by atoms with Crippen LogP contribution < -0.4 is 35.8 Å². The Morgan fingerprint density at radius 1 is 0.342 bits per heavy atom. The molecular weight excluding hydrogens is 962 g/mol. The van der Waals surface area contributed by atoms with Crippen LogP contribution >= 0.6 is 22.7 Å². The summed E-state index contributed by atoms with van der Waals surface area (Å²) in [5.74, 6) is 1.84. The second kappa shape index (κ2) is 17.0. The number of fused-ring (bicyclic) bond motifs is 12. The van der Waals surface area contributed by atoms with Crippen LogP contribution in [0.4, 0.5) is 51.2 Å². The maximum atomic E-state index is 7.13. The van der Waals surface area contributed by atoms with E-state index in [1.54, 1.807) is 0 Å². The molecule has 356 valence electrons.